The Bertz CT molecular complexity index is 1290. The van der Waals surface area contributed by atoms with E-state index in [4.69, 9.17) is 5.11 Å². The van der Waals surface area contributed by atoms with Gasteiger partial charge in [0, 0.05) is 55.1 Å². The number of carbonyl (C=O) groups excluding carboxylic acids is 2. The number of hydrogen-bond acceptors (Lipinski definition) is 5. The summed E-state index contributed by atoms with van der Waals surface area (Å²) in [7, 11) is 0. The summed E-state index contributed by atoms with van der Waals surface area (Å²) >= 11 is 0. The smallest absolute Gasteiger partial charge is 0.404 e. The number of hydrogen-bond donors (Lipinski definition) is 4. The topological polar surface area (TPSA) is 129 Å². The molecule has 4 rings (SSSR count). The zero-order chi connectivity index (χ0) is 27.8. The molecule has 4 N–H and O–H groups in total. The predicted molar refractivity (Wildman–Crippen MR) is 151 cm³/mol. The van der Waals surface area contributed by atoms with Crippen LogP contribution in [0.5, 0.6) is 0 Å². The molecule has 3 aromatic rings. The summed E-state index contributed by atoms with van der Waals surface area (Å²) in [5, 5.41) is 21.7. The fourth-order valence-electron chi connectivity index (χ4n) is 4.94. The zero-order valence-corrected chi connectivity index (χ0v) is 22.4. The van der Waals surface area contributed by atoms with Gasteiger partial charge in [-0.2, -0.15) is 5.10 Å². The molecule has 10 heteroatoms. The van der Waals surface area contributed by atoms with Crippen molar-refractivity contribution < 1.29 is 19.5 Å². The van der Waals surface area contributed by atoms with Gasteiger partial charge in [0.2, 0.25) is 11.8 Å². The van der Waals surface area contributed by atoms with Crippen molar-refractivity contribution in [2.45, 2.75) is 58.2 Å². The number of anilines is 2. The molecule has 2 atom stereocenters. The number of para-hydroxylation sites is 1. The lowest BCUT2D eigenvalue weighted by Gasteiger charge is -2.40. The first-order chi connectivity index (χ1) is 18.9. The van der Waals surface area contributed by atoms with Crippen molar-refractivity contribution in [2.24, 2.45) is 0 Å². The van der Waals surface area contributed by atoms with Crippen LogP contribution in [0.15, 0.2) is 60.9 Å². The molecule has 2 heterocycles. The second-order valence-corrected chi connectivity index (χ2v) is 9.71. The molecule has 0 saturated carbocycles. The van der Waals surface area contributed by atoms with E-state index in [2.05, 4.69) is 58.3 Å². The molecule has 206 valence electrons. The molecule has 2 aromatic carbocycles. The molecular formula is C29H36N6O4. The van der Waals surface area contributed by atoms with Crippen molar-refractivity contribution in [1.29, 1.82) is 0 Å². The molecule has 0 spiro atoms. The van der Waals surface area contributed by atoms with Crippen molar-refractivity contribution in [3.63, 3.8) is 0 Å². The van der Waals surface area contributed by atoms with E-state index in [-0.39, 0.29) is 36.9 Å². The number of nitrogens with zero attached hydrogens (tertiary/aromatic N) is 3. The number of amides is 3. The molecule has 1 aliphatic rings. The molecule has 0 fully saturated rings. The molecule has 0 aliphatic carbocycles. The number of carboxylic acid groups (broad SMARTS) is 1. The number of aromatic nitrogens is 2. The fourth-order valence-corrected chi connectivity index (χ4v) is 4.94. The summed E-state index contributed by atoms with van der Waals surface area (Å²) in [6.45, 7) is 5.24. The molecule has 1 aliphatic heterocycles. The maximum absolute atomic E-state index is 12.6. The summed E-state index contributed by atoms with van der Waals surface area (Å²) in [5.41, 5.74) is 5.15. The van der Waals surface area contributed by atoms with Crippen LogP contribution < -0.4 is 20.9 Å². The maximum atomic E-state index is 12.6. The Morgan fingerprint density at radius 2 is 1.79 bits per heavy atom. The van der Waals surface area contributed by atoms with Crippen LogP contribution in [0.25, 0.3) is 11.1 Å². The molecule has 0 radical (unpaired) electrons. The Morgan fingerprint density at radius 1 is 1.03 bits per heavy atom. The second kappa shape index (κ2) is 12.9. The third-order valence-corrected chi connectivity index (χ3v) is 6.87. The van der Waals surface area contributed by atoms with Crippen molar-refractivity contribution in [3.05, 3.63) is 66.5 Å². The molecular weight excluding hydrogens is 496 g/mol. The first kappa shape index (κ1) is 27.7. The van der Waals surface area contributed by atoms with Crippen LogP contribution in [-0.2, 0) is 16.1 Å². The number of carbonyl (C=O) groups is 3. The third-order valence-electron chi connectivity index (χ3n) is 6.87. The van der Waals surface area contributed by atoms with Crippen LogP contribution in [0.4, 0.5) is 16.2 Å². The lowest BCUT2D eigenvalue weighted by molar-refractivity contribution is -0.121. The van der Waals surface area contributed by atoms with E-state index < -0.39 is 6.09 Å². The number of nitrogens with one attached hydrogen (secondary N) is 3. The van der Waals surface area contributed by atoms with Gasteiger partial charge in [0.1, 0.15) is 0 Å². The van der Waals surface area contributed by atoms with E-state index in [1.807, 2.05) is 36.2 Å². The first-order valence-electron chi connectivity index (χ1n) is 13.4. The minimum absolute atomic E-state index is 0.105. The van der Waals surface area contributed by atoms with Gasteiger partial charge in [-0.3, -0.25) is 14.3 Å². The molecule has 0 saturated heterocycles. The summed E-state index contributed by atoms with van der Waals surface area (Å²) in [5.74, 6) is 0.0310. The molecule has 1 aromatic heterocycles. The Balaban J connectivity index is 1.31. The van der Waals surface area contributed by atoms with Gasteiger partial charge in [0.05, 0.1) is 18.8 Å². The lowest BCUT2D eigenvalue weighted by Crippen LogP contribution is -2.44. The second-order valence-electron chi connectivity index (χ2n) is 9.71. The highest BCUT2D eigenvalue weighted by molar-refractivity contribution is 5.95. The van der Waals surface area contributed by atoms with Gasteiger partial charge in [-0.1, -0.05) is 37.3 Å². The van der Waals surface area contributed by atoms with Gasteiger partial charge < -0.3 is 26.0 Å². The highest BCUT2D eigenvalue weighted by Crippen LogP contribution is 2.39. The van der Waals surface area contributed by atoms with Gasteiger partial charge in [-0.15, -0.1) is 0 Å². The molecule has 39 heavy (non-hydrogen) atoms. The first-order valence-corrected chi connectivity index (χ1v) is 13.4. The van der Waals surface area contributed by atoms with Crippen molar-refractivity contribution in [2.75, 3.05) is 23.3 Å². The highest BCUT2D eigenvalue weighted by Gasteiger charge is 2.32. The van der Waals surface area contributed by atoms with Gasteiger partial charge in [-0.05, 0) is 49.1 Å². The van der Waals surface area contributed by atoms with E-state index in [0.29, 0.717) is 25.9 Å². The van der Waals surface area contributed by atoms with Gasteiger partial charge in [-0.25, -0.2) is 4.79 Å². The molecule has 0 bridgehead atoms. The van der Waals surface area contributed by atoms with E-state index in [1.165, 1.54) is 0 Å². The van der Waals surface area contributed by atoms with Crippen LogP contribution in [0.2, 0.25) is 0 Å². The standard InChI is InChI=1S/C29H36N6O4/c1-3-28(37)35-20(2)17-25(24-7-4-5-8-26(24)35)33-23-12-10-21(11-13-23)22-18-32-34(19-22)16-15-30-27(36)9-6-14-31-29(38)39/h4-5,7-8,10-13,18-20,25,31,33H,3,6,9,14-17H2,1-2H3,(H,30,36)(H,38,39)/t20-,25+/m0/s1. The van der Waals surface area contributed by atoms with E-state index in [1.54, 1.807) is 10.9 Å². The quantitative estimate of drug-likeness (QED) is 0.271. The Morgan fingerprint density at radius 3 is 2.54 bits per heavy atom. The number of rotatable bonds is 11. The Kier molecular flexibility index (Phi) is 9.19. The SMILES string of the molecule is CCC(=O)N1c2ccccc2[C@H](Nc2ccc(-c3cnn(CCNC(=O)CCCNC(=O)O)c3)cc2)C[C@@H]1C. The van der Waals surface area contributed by atoms with Crippen LogP contribution in [0.1, 0.15) is 51.1 Å². The van der Waals surface area contributed by atoms with E-state index in [9.17, 15) is 14.4 Å². The average Bonchev–Trinajstić information content (AvgIpc) is 3.40. The average molecular weight is 533 g/mol. The minimum Gasteiger partial charge on any atom is -0.465 e. The predicted octanol–water partition coefficient (Wildman–Crippen LogP) is 4.40. The number of fused-ring (bicyclic) bond motifs is 1. The molecule has 0 unspecified atom stereocenters. The minimum atomic E-state index is -1.09. The third kappa shape index (κ3) is 7.16. The van der Waals surface area contributed by atoms with Crippen molar-refractivity contribution >= 4 is 29.3 Å². The van der Waals surface area contributed by atoms with Crippen LogP contribution >= 0.6 is 0 Å². The Labute approximate surface area is 228 Å². The highest BCUT2D eigenvalue weighted by atomic mass is 16.4. The number of benzene rings is 2. The van der Waals surface area contributed by atoms with Gasteiger partial charge in [0.25, 0.3) is 0 Å². The normalized spacial score (nSPS) is 16.3. The fraction of sp³-hybridized carbons (Fsp3) is 0.379. The van der Waals surface area contributed by atoms with Gasteiger partial charge >= 0.3 is 6.09 Å². The van der Waals surface area contributed by atoms with Crippen LogP contribution in [0.3, 0.4) is 0 Å². The summed E-state index contributed by atoms with van der Waals surface area (Å²) < 4.78 is 1.79. The zero-order valence-electron chi connectivity index (χ0n) is 22.4. The van der Waals surface area contributed by atoms with E-state index >= 15 is 0 Å². The molecule has 10 nitrogen and oxygen atoms in total. The summed E-state index contributed by atoms with van der Waals surface area (Å²) in [6, 6.07) is 16.6. The van der Waals surface area contributed by atoms with Crippen LogP contribution in [0, 0.1) is 0 Å². The largest absolute Gasteiger partial charge is 0.465 e. The lowest BCUT2D eigenvalue weighted by atomic mass is 9.91. The molecule has 3 amide bonds. The van der Waals surface area contributed by atoms with Gasteiger partial charge in [0.15, 0.2) is 0 Å². The summed E-state index contributed by atoms with van der Waals surface area (Å²) in [6.07, 6.45) is 4.70. The Hall–Kier alpha value is -4.34. The van der Waals surface area contributed by atoms with Crippen molar-refractivity contribution in [3.8, 4) is 11.1 Å². The monoisotopic (exact) mass is 532 g/mol. The maximum Gasteiger partial charge on any atom is 0.404 e. The van der Waals surface area contributed by atoms with E-state index in [0.717, 1.165) is 34.5 Å². The van der Waals surface area contributed by atoms with Crippen LogP contribution in [-0.4, -0.2) is 51.9 Å². The summed E-state index contributed by atoms with van der Waals surface area (Å²) in [4.78, 5) is 36.8. The van der Waals surface area contributed by atoms with Crippen molar-refractivity contribution in [1.82, 2.24) is 20.4 Å².